The minimum Gasteiger partial charge on any atom is -0.143 e. The molecule has 122 valence electrons. The van der Waals surface area contributed by atoms with Crippen molar-refractivity contribution in [3.8, 4) is 11.1 Å². The maximum atomic E-state index is 4.41. The normalized spacial score (nSPS) is 21.3. The number of benzene rings is 2. The maximum Gasteiger partial charge on any atom is 0.00404 e. The molecule has 0 radical (unpaired) electrons. The summed E-state index contributed by atoms with van der Waals surface area (Å²) in [7, 11) is 0. The van der Waals surface area contributed by atoms with E-state index in [4.69, 9.17) is 0 Å². The van der Waals surface area contributed by atoms with Crippen molar-refractivity contribution in [3.63, 3.8) is 0 Å². The van der Waals surface area contributed by atoms with Crippen LogP contribution in [-0.2, 0) is 0 Å². The lowest BCUT2D eigenvalue weighted by atomic mass is 9.75. The molecule has 1 aliphatic carbocycles. The van der Waals surface area contributed by atoms with Gasteiger partial charge in [0.2, 0.25) is 0 Å². The van der Waals surface area contributed by atoms with Crippen LogP contribution >= 0.6 is 12.6 Å². The predicted octanol–water partition coefficient (Wildman–Crippen LogP) is 7.11. The molecular weight excluding hydrogens is 296 g/mol. The number of unbranched alkanes of at least 4 members (excludes halogenated alkanes) is 1. The van der Waals surface area contributed by atoms with Crippen molar-refractivity contribution in [2.24, 2.45) is 5.92 Å². The van der Waals surface area contributed by atoms with Crippen molar-refractivity contribution in [2.45, 2.75) is 62.7 Å². The first-order chi connectivity index (χ1) is 11.3. The number of rotatable bonds is 5. The first kappa shape index (κ1) is 16.6. The van der Waals surface area contributed by atoms with Crippen molar-refractivity contribution in [1.82, 2.24) is 0 Å². The highest BCUT2D eigenvalue weighted by Gasteiger charge is 2.23. The molecule has 0 saturated heterocycles. The average molecular weight is 325 g/mol. The van der Waals surface area contributed by atoms with E-state index in [9.17, 15) is 0 Å². The molecule has 1 fully saturated rings. The summed E-state index contributed by atoms with van der Waals surface area (Å²) in [6.07, 6.45) is 9.72. The third-order valence-electron chi connectivity index (χ3n) is 5.39. The van der Waals surface area contributed by atoms with Gasteiger partial charge in [-0.1, -0.05) is 62.6 Å². The molecular formula is C22H28S. The van der Waals surface area contributed by atoms with Crippen LogP contribution in [0.1, 0.15) is 63.4 Å². The topological polar surface area (TPSA) is 0 Å². The van der Waals surface area contributed by atoms with Gasteiger partial charge in [-0.25, -0.2) is 0 Å². The van der Waals surface area contributed by atoms with Crippen LogP contribution < -0.4 is 0 Å². The van der Waals surface area contributed by atoms with Crippen LogP contribution in [0.4, 0.5) is 0 Å². The largest absolute Gasteiger partial charge is 0.143 e. The van der Waals surface area contributed by atoms with Crippen LogP contribution in [0.2, 0.25) is 0 Å². The van der Waals surface area contributed by atoms with Crippen molar-refractivity contribution in [3.05, 3.63) is 54.1 Å². The summed E-state index contributed by atoms with van der Waals surface area (Å²) in [4.78, 5) is 1.03. The molecule has 23 heavy (non-hydrogen) atoms. The second-order valence-corrected chi connectivity index (χ2v) is 7.51. The van der Waals surface area contributed by atoms with E-state index in [0.717, 1.165) is 16.7 Å². The van der Waals surface area contributed by atoms with Crippen molar-refractivity contribution in [1.29, 1.82) is 0 Å². The summed E-state index contributed by atoms with van der Waals surface area (Å²) in [6.45, 7) is 2.30. The number of hydrogen-bond acceptors (Lipinski definition) is 1. The van der Waals surface area contributed by atoms with Crippen LogP contribution in [0, 0.1) is 5.92 Å². The molecule has 0 spiro atoms. The Bertz CT molecular complexity index is 606. The van der Waals surface area contributed by atoms with E-state index < -0.39 is 0 Å². The minimum absolute atomic E-state index is 0.736. The fraction of sp³-hybridized carbons (Fsp3) is 0.455. The van der Waals surface area contributed by atoms with Crippen molar-refractivity contribution >= 4 is 12.6 Å². The minimum atomic E-state index is 0.736. The standard InChI is InChI=1S/C22H28S/c1-2-3-6-17-9-11-18(12-10-17)21-7-4-5-8-22(21)19-13-15-20(23)16-14-19/h4-5,7-8,13-18,23H,2-3,6,9-12H2,1H3. The highest BCUT2D eigenvalue weighted by atomic mass is 32.1. The van der Waals surface area contributed by atoms with Gasteiger partial charge in [0.1, 0.15) is 0 Å². The lowest BCUT2D eigenvalue weighted by molar-refractivity contribution is 0.304. The summed E-state index contributed by atoms with van der Waals surface area (Å²) in [5, 5.41) is 0. The third kappa shape index (κ3) is 4.20. The smallest absolute Gasteiger partial charge is 0.00404 e. The molecule has 1 aliphatic rings. The van der Waals surface area contributed by atoms with Gasteiger partial charge >= 0.3 is 0 Å². The molecule has 2 aromatic rings. The molecule has 2 aromatic carbocycles. The Morgan fingerprint density at radius 3 is 2.30 bits per heavy atom. The molecule has 1 saturated carbocycles. The molecule has 0 bridgehead atoms. The van der Waals surface area contributed by atoms with Gasteiger partial charge < -0.3 is 0 Å². The first-order valence-electron chi connectivity index (χ1n) is 9.16. The van der Waals surface area contributed by atoms with Gasteiger partial charge in [-0.3, -0.25) is 0 Å². The Hall–Kier alpha value is -1.21. The Morgan fingerprint density at radius 2 is 1.61 bits per heavy atom. The van der Waals surface area contributed by atoms with Crippen LogP contribution in [0.5, 0.6) is 0 Å². The van der Waals surface area contributed by atoms with E-state index >= 15 is 0 Å². The molecule has 0 unspecified atom stereocenters. The zero-order valence-electron chi connectivity index (χ0n) is 14.2. The highest BCUT2D eigenvalue weighted by Crippen LogP contribution is 2.41. The van der Waals surface area contributed by atoms with Gasteiger partial charge in [-0.05, 0) is 66.3 Å². The molecule has 0 aromatic heterocycles. The highest BCUT2D eigenvalue weighted by molar-refractivity contribution is 7.80. The van der Waals surface area contributed by atoms with E-state index in [2.05, 4.69) is 68.1 Å². The van der Waals surface area contributed by atoms with Gasteiger partial charge in [0.05, 0.1) is 0 Å². The third-order valence-corrected chi connectivity index (χ3v) is 5.69. The Kier molecular flexibility index (Phi) is 5.83. The summed E-state index contributed by atoms with van der Waals surface area (Å²) < 4.78 is 0. The molecule has 1 heteroatoms. The molecule has 0 nitrogen and oxygen atoms in total. The van der Waals surface area contributed by atoms with E-state index in [1.165, 1.54) is 56.1 Å². The molecule has 3 rings (SSSR count). The van der Waals surface area contributed by atoms with E-state index in [1.807, 2.05) is 0 Å². The summed E-state index contributed by atoms with van der Waals surface area (Å²) in [6, 6.07) is 17.6. The fourth-order valence-corrected chi connectivity index (χ4v) is 4.16. The van der Waals surface area contributed by atoms with Crippen molar-refractivity contribution in [2.75, 3.05) is 0 Å². The van der Waals surface area contributed by atoms with Crippen molar-refractivity contribution < 1.29 is 0 Å². The first-order valence-corrected chi connectivity index (χ1v) is 9.61. The summed E-state index contributed by atoms with van der Waals surface area (Å²) in [5.41, 5.74) is 4.29. The lowest BCUT2D eigenvalue weighted by Crippen LogP contribution is -2.14. The van der Waals surface area contributed by atoms with Gasteiger partial charge in [0.25, 0.3) is 0 Å². The second-order valence-electron chi connectivity index (χ2n) is 6.99. The van der Waals surface area contributed by atoms with Gasteiger partial charge in [0.15, 0.2) is 0 Å². The Labute approximate surface area is 146 Å². The Morgan fingerprint density at radius 1 is 0.913 bits per heavy atom. The fourth-order valence-electron chi connectivity index (χ4n) is 4.01. The van der Waals surface area contributed by atoms with Gasteiger partial charge in [-0.15, -0.1) is 12.6 Å². The van der Waals surface area contributed by atoms with E-state index in [0.29, 0.717) is 0 Å². The van der Waals surface area contributed by atoms with Crippen LogP contribution in [0.25, 0.3) is 11.1 Å². The maximum absolute atomic E-state index is 4.41. The zero-order valence-corrected chi connectivity index (χ0v) is 15.1. The Balaban J connectivity index is 1.75. The van der Waals surface area contributed by atoms with Gasteiger partial charge in [-0.2, -0.15) is 0 Å². The average Bonchev–Trinajstić information content (AvgIpc) is 2.61. The lowest BCUT2D eigenvalue weighted by Gasteiger charge is -2.30. The molecule has 0 amide bonds. The summed E-state index contributed by atoms with van der Waals surface area (Å²) >= 11 is 4.41. The van der Waals surface area contributed by atoms with E-state index in [-0.39, 0.29) is 0 Å². The molecule has 0 aliphatic heterocycles. The zero-order chi connectivity index (χ0) is 16.1. The SMILES string of the molecule is CCCCC1CCC(c2ccccc2-c2ccc(S)cc2)CC1. The molecule has 0 atom stereocenters. The summed E-state index contributed by atoms with van der Waals surface area (Å²) in [5.74, 6) is 1.71. The quantitative estimate of drug-likeness (QED) is 0.557. The van der Waals surface area contributed by atoms with Gasteiger partial charge in [0, 0.05) is 4.90 Å². The van der Waals surface area contributed by atoms with E-state index in [1.54, 1.807) is 5.56 Å². The number of thiol groups is 1. The van der Waals surface area contributed by atoms with Crippen LogP contribution in [0.3, 0.4) is 0 Å². The van der Waals surface area contributed by atoms with Crippen LogP contribution in [-0.4, -0.2) is 0 Å². The molecule has 0 N–H and O–H groups in total. The predicted molar refractivity (Wildman–Crippen MR) is 103 cm³/mol. The molecule has 0 heterocycles. The van der Waals surface area contributed by atoms with Crippen LogP contribution in [0.15, 0.2) is 53.4 Å². The number of hydrogen-bond donors (Lipinski definition) is 1. The monoisotopic (exact) mass is 324 g/mol. The second kappa shape index (κ2) is 8.06.